The highest BCUT2D eigenvalue weighted by Crippen LogP contribution is 2.30. The summed E-state index contributed by atoms with van der Waals surface area (Å²) in [6.07, 6.45) is 10.5. The molecular weight excluding hydrogens is 236 g/mol. The van der Waals surface area contributed by atoms with Crippen LogP contribution in [0.2, 0.25) is 0 Å². The lowest BCUT2D eigenvalue weighted by Gasteiger charge is -2.41. The summed E-state index contributed by atoms with van der Waals surface area (Å²) >= 11 is 0. The number of hydrogen-bond acceptors (Lipinski definition) is 3. The molecule has 0 aliphatic carbocycles. The molecule has 0 radical (unpaired) electrons. The van der Waals surface area contributed by atoms with Crippen molar-refractivity contribution in [3.05, 3.63) is 18.2 Å². The molecule has 2 heterocycles. The summed E-state index contributed by atoms with van der Waals surface area (Å²) in [5.74, 6) is 0. The van der Waals surface area contributed by atoms with E-state index in [0.29, 0.717) is 18.6 Å². The minimum atomic E-state index is 0.333. The van der Waals surface area contributed by atoms with Gasteiger partial charge in [0.15, 0.2) is 0 Å². The summed E-state index contributed by atoms with van der Waals surface area (Å²) in [4.78, 5) is 6.94. The third-order valence-corrected chi connectivity index (χ3v) is 4.34. The average molecular weight is 264 g/mol. The van der Waals surface area contributed by atoms with Crippen molar-refractivity contribution >= 4 is 0 Å². The lowest BCUT2D eigenvalue weighted by atomic mass is 9.95. The molecule has 1 aromatic rings. The number of piperidine rings is 1. The smallest absolute Gasteiger partial charge is 0.0948 e. The van der Waals surface area contributed by atoms with Crippen LogP contribution in [0.1, 0.15) is 57.7 Å². The lowest BCUT2D eigenvalue weighted by molar-refractivity contribution is 0.0874. The van der Waals surface area contributed by atoms with Gasteiger partial charge < -0.3 is 10.3 Å². The molecule has 1 saturated heterocycles. The van der Waals surface area contributed by atoms with E-state index >= 15 is 0 Å². The Morgan fingerprint density at radius 3 is 2.95 bits per heavy atom. The highest BCUT2D eigenvalue weighted by Gasteiger charge is 2.29. The molecule has 1 aromatic heterocycles. The van der Waals surface area contributed by atoms with E-state index in [1.807, 2.05) is 12.5 Å². The number of nitrogens with two attached hydrogens (primary N) is 1. The van der Waals surface area contributed by atoms with E-state index in [2.05, 4.69) is 28.3 Å². The van der Waals surface area contributed by atoms with Crippen molar-refractivity contribution in [2.75, 3.05) is 13.1 Å². The summed E-state index contributed by atoms with van der Waals surface area (Å²) < 4.78 is 2.23. The van der Waals surface area contributed by atoms with Crippen molar-refractivity contribution in [2.24, 2.45) is 5.73 Å². The molecule has 2 N–H and O–H groups in total. The molecular formula is C15H28N4. The molecule has 1 aliphatic heterocycles. The van der Waals surface area contributed by atoms with Crippen molar-refractivity contribution < 1.29 is 0 Å². The van der Waals surface area contributed by atoms with Crippen LogP contribution in [-0.2, 0) is 6.54 Å². The van der Waals surface area contributed by atoms with Crippen LogP contribution in [0.4, 0.5) is 0 Å². The second-order valence-corrected chi connectivity index (χ2v) is 5.53. The predicted octanol–water partition coefficient (Wildman–Crippen LogP) is 2.56. The van der Waals surface area contributed by atoms with Gasteiger partial charge in [-0.3, -0.25) is 4.90 Å². The number of rotatable bonds is 6. The molecule has 108 valence electrons. The highest BCUT2D eigenvalue weighted by molar-refractivity contribution is 5.08. The Labute approximate surface area is 117 Å². The van der Waals surface area contributed by atoms with Gasteiger partial charge in [0.05, 0.1) is 18.1 Å². The first-order valence-electron chi connectivity index (χ1n) is 7.77. The first-order valence-corrected chi connectivity index (χ1v) is 7.77. The van der Waals surface area contributed by atoms with Gasteiger partial charge in [-0.25, -0.2) is 4.98 Å². The first kappa shape index (κ1) is 14.5. The van der Waals surface area contributed by atoms with Crippen molar-refractivity contribution in [3.8, 4) is 0 Å². The molecule has 2 unspecified atom stereocenters. The zero-order chi connectivity index (χ0) is 13.7. The predicted molar refractivity (Wildman–Crippen MR) is 78.9 cm³/mol. The molecule has 0 aromatic carbocycles. The second kappa shape index (κ2) is 7.06. The molecule has 0 spiro atoms. The first-order chi connectivity index (χ1) is 9.31. The van der Waals surface area contributed by atoms with E-state index < -0.39 is 0 Å². The fraction of sp³-hybridized carbons (Fsp3) is 0.800. The molecule has 0 saturated carbocycles. The van der Waals surface area contributed by atoms with E-state index in [9.17, 15) is 0 Å². The molecule has 4 heteroatoms. The van der Waals surface area contributed by atoms with E-state index in [0.717, 1.165) is 6.54 Å². The molecule has 1 aliphatic rings. The number of aryl methyl sites for hydroxylation is 1. The second-order valence-electron chi connectivity index (χ2n) is 5.53. The largest absolute Gasteiger partial charge is 0.333 e. The standard InChI is InChI=1S/C15H28N4/c1-3-7-13-8-5-6-9-19(13)14(10-16)15-11-17-12-18(15)4-2/h11-14H,3-10,16H2,1-2H3. The monoisotopic (exact) mass is 264 g/mol. The van der Waals surface area contributed by atoms with Gasteiger partial charge in [-0.1, -0.05) is 19.8 Å². The van der Waals surface area contributed by atoms with Crippen molar-refractivity contribution in [1.29, 1.82) is 0 Å². The normalized spacial score (nSPS) is 22.6. The minimum Gasteiger partial charge on any atom is -0.333 e. The van der Waals surface area contributed by atoms with Crippen molar-refractivity contribution in [1.82, 2.24) is 14.5 Å². The Morgan fingerprint density at radius 1 is 1.42 bits per heavy atom. The fourth-order valence-electron chi connectivity index (χ4n) is 3.38. The number of aromatic nitrogens is 2. The maximum atomic E-state index is 6.09. The van der Waals surface area contributed by atoms with Gasteiger partial charge in [-0.15, -0.1) is 0 Å². The highest BCUT2D eigenvalue weighted by atomic mass is 15.2. The number of imidazole rings is 1. The summed E-state index contributed by atoms with van der Waals surface area (Å²) in [6, 6.07) is 1.03. The molecule has 2 atom stereocenters. The van der Waals surface area contributed by atoms with Gasteiger partial charge in [-0.2, -0.15) is 0 Å². The van der Waals surface area contributed by atoms with Gasteiger partial charge in [0.25, 0.3) is 0 Å². The lowest BCUT2D eigenvalue weighted by Crippen LogP contribution is -2.45. The van der Waals surface area contributed by atoms with Crippen LogP contribution in [0.15, 0.2) is 12.5 Å². The summed E-state index contributed by atoms with van der Waals surface area (Å²) in [5, 5.41) is 0. The Kier molecular flexibility index (Phi) is 5.40. The molecule has 2 rings (SSSR count). The number of hydrogen-bond donors (Lipinski definition) is 1. The van der Waals surface area contributed by atoms with Gasteiger partial charge in [-0.05, 0) is 32.7 Å². The molecule has 19 heavy (non-hydrogen) atoms. The van der Waals surface area contributed by atoms with E-state index in [1.165, 1.54) is 44.3 Å². The fourth-order valence-corrected chi connectivity index (χ4v) is 3.38. The molecule has 4 nitrogen and oxygen atoms in total. The molecule has 1 fully saturated rings. The van der Waals surface area contributed by atoms with E-state index in [-0.39, 0.29) is 0 Å². The van der Waals surface area contributed by atoms with Gasteiger partial charge in [0.2, 0.25) is 0 Å². The van der Waals surface area contributed by atoms with Crippen LogP contribution in [0, 0.1) is 0 Å². The number of likely N-dealkylation sites (tertiary alicyclic amines) is 1. The SMILES string of the molecule is CCCC1CCCCN1C(CN)c1cncn1CC. The Hall–Kier alpha value is -0.870. The number of nitrogens with zero attached hydrogens (tertiary/aromatic N) is 3. The van der Waals surface area contributed by atoms with E-state index in [1.54, 1.807) is 0 Å². The quantitative estimate of drug-likeness (QED) is 0.859. The average Bonchev–Trinajstić information content (AvgIpc) is 2.90. The zero-order valence-electron chi connectivity index (χ0n) is 12.4. The summed E-state index contributed by atoms with van der Waals surface area (Å²) in [6.45, 7) is 7.28. The summed E-state index contributed by atoms with van der Waals surface area (Å²) in [7, 11) is 0. The van der Waals surface area contributed by atoms with Crippen LogP contribution in [0.5, 0.6) is 0 Å². The van der Waals surface area contributed by atoms with Crippen molar-refractivity contribution in [3.63, 3.8) is 0 Å². The van der Waals surface area contributed by atoms with Crippen LogP contribution >= 0.6 is 0 Å². The minimum absolute atomic E-state index is 0.333. The maximum Gasteiger partial charge on any atom is 0.0948 e. The molecule has 0 bridgehead atoms. The van der Waals surface area contributed by atoms with E-state index in [4.69, 9.17) is 5.73 Å². The Morgan fingerprint density at radius 2 is 2.26 bits per heavy atom. The van der Waals surface area contributed by atoms with Gasteiger partial charge in [0.1, 0.15) is 0 Å². The van der Waals surface area contributed by atoms with Crippen LogP contribution in [-0.4, -0.2) is 33.6 Å². The van der Waals surface area contributed by atoms with Crippen LogP contribution in [0.25, 0.3) is 0 Å². The Balaban J connectivity index is 2.19. The van der Waals surface area contributed by atoms with Crippen molar-refractivity contribution in [2.45, 2.75) is 64.6 Å². The maximum absolute atomic E-state index is 6.09. The Bertz CT molecular complexity index is 372. The topological polar surface area (TPSA) is 47.1 Å². The third-order valence-electron chi connectivity index (χ3n) is 4.34. The van der Waals surface area contributed by atoms with Crippen LogP contribution in [0.3, 0.4) is 0 Å². The summed E-state index contributed by atoms with van der Waals surface area (Å²) in [5.41, 5.74) is 7.38. The third kappa shape index (κ3) is 3.18. The van der Waals surface area contributed by atoms with Gasteiger partial charge >= 0.3 is 0 Å². The van der Waals surface area contributed by atoms with Gasteiger partial charge in [0, 0.05) is 25.3 Å². The van der Waals surface area contributed by atoms with Crippen LogP contribution < -0.4 is 5.73 Å². The molecule has 0 amide bonds. The zero-order valence-corrected chi connectivity index (χ0v) is 12.4.